The largest absolute Gasteiger partial charge is 0.384 e. The maximum atomic E-state index is 12.0. The van der Waals surface area contributed by atoms with Crippen LogP contribution in [-0.2, 0) is 4.79 Å². The van der Waals surface area contributed by atoms with E-state index in [2.05, 4.69) is 23.6 Å². The van der Waals surface area contributed by atoms with Gasteiger partial charge in [0.25, 0.3) is 0 Å². The van der Waals surface area contributed by atoms with Gasteiger partial charge in [-0.1, -0.05) is 30.3 Å². The van der Waals surface area contributed by atoms with Crippen LogP contribution < -0.4 is 10.6 Å². The number of hydrogen-bond acceptors (Lipinski definition) is 2. The molecule has 2 N–H and O–H groups in total. The summed E-state index contributed by atoms with van der Waals surface area (Å²) in [5, 5.41) is 6.27. The molecule has 0 heterocycles. The Labute approximate surface area is 126 Å². The van der Waals surface area contributed by atoms with Gasteiger partial charge in [0.05, 0.1) is 0 Å². The molecule has 0 unspecified atom stereocenters. The lowest BCUT2D eigenvalue weighted by Gasteiger charge is -2.11. The molecule has 0 spiro atoms. The fourth-order valence-electron chi connectivity index (χ4n) is 2.17. The molecule has 0 saturated heterocycles. The van der Waals surface area contributed by atoms with Gasteiger partial charge in [0.1, 0.15) is 0 Å². The predicted octanol–water partition coefficient (Wildman–Crippen LogP) is 4.05. The van der Waals surface area contributed by atoms with Crippen molar-refractivity contribution < 1.29 is 4.79 Å². The number of rotatable bonds is 5. The molecule has 2 rings (SSSR count). The first-order chi connectivity index (χ1) is 10.1. The SMILES string of the molecule is Cc1ccc(C)c(NC(=O)CCNc2ccccc2C)c1. The van der Waals surface area contributed by atoms with E-state index in [1.807, 2.05) is 50.2 Å². The van der Waals surface area contributed by atoms with Crippen molar-refractivity contribution in [2.75, 3.05) is 17.2 Å². The average molecular weight is 282 g/mol. The average Bonchev–Trinajstić information content (AvgIpc) is 2.45. The van der Waals surface area contributed by atoms with Crippen molar-refractivity contribution in [3.05, 3.63) is 59.2 Å². The topological polar surface area (TPSA) is 41.1 Å². The van der Waals surface area contributed by atoms with Crippen molar-refractivity contribution in [1.29, 1.82) is 0 Å². The van der Waals surface area contributed by atoms with Crippen LogP contribution in [0.2, 0.25) is 0 Å². The molecule has 0 radical (unpaired) electrons. The third-order valence-corrected chi connectivity index (χ3v) is 3.48. The van der Waals surface area contributed by atoms with Crippen LogP contribution in [0, 0.1) is 20.8 Å². The molecule has 1 amide bonds. The minimum absolute atomic E-state index is 0.0322. The van der Waals surface area contributed by atoms with Gasteiger partial charge in [-0.2, -0.15) is 0 Å². The molecule has 3 heteroatoms. The van der Waals surface area contributed by atoms with Crippen molar-refractivity contribution in [3.8, 4) is 0 Å². The third-order valence-electron chi connectivity index (χ3n) is 3.48. The maximum absolute atomic E-state index is 12.0. The van der Waals surface area contributed by atoms with E-state index in [4.69, 9.17) is 0 Å². The van der Waals surface area contributed by atoms with Gasteiger partial charge in [-0.05, 0) is 49.6 Å². The quantitative estimate of drug-likeness (QED) is 0.868. The Hall–Kier alpha value is -2.29. The van der Waals surface area contributed by atoms with Crippen LogP contribution in [0.25, 0.3) is 0 Å². The molecule has 0 aliphatic heterocycles. The first kappa shape index (κ1) is 15.1. The number of amides is 1. The smallest absolute Gasteiger partial charge is 0.226 e. The van der Waals surface area contributed by atoms with E-state index < -0.39 is 0 Å². The van der Waals surface area contributed by atoms with Crippen LogP contribution >= 0.6 is 0 Å². The van der Waals surface area contributed by atoms with Crippen LogP contribution in [0.5, 0.6) is 0 Å². The molecule has 0 aromatic heterocycles. The van der Waals surface area contributed by atoms with Crippen molar-refractivity contribution in [2.24, 2.45) is 0 Å². The molecule has 0 fully saturated rings. The van der Waals surface area contributed by atoms with Crippen LogP contribution in [0.15, 0.2) is 42.5 Å². The van der Waals surface area contributed by atoms with Crippen molar-refractivity contribution in [3.63, 3.8) is 0 Å². The van der Waals surface area contributed by atoms with E-state index >= 15 is 0 Å². The predicted molar refractivity (Wildman–Crippen MR) is 88.8 cm³/mol. The normalized spacial score (nSPS) is 10.2. The van der Waals surface area contributed by atoms with E-state index in [9.17, 15) is 4.79 Å². The number of nitrogens with one attached hydrogen (secondary N) is 2. The van der Waals surface area contributed by atoms with Crippen molar-refractivity contribution in [1.82, 2.24) is 0 Å². The molecular formula is C18H22N2O. The van der Waals surface area contributed by atoms with Gasteiger partial charge in [0.15, 0.2) is 0 Å². The van der Waals surface area contributed by atoms with E-state index in [0.29, 0.717) is 13.0 Å². The van der Waals surface area contributed by atoms with Gasteiger partial charge >= 0.3 is 0 Å². The standard InChI is InChI=1S/C18H22N2O/c1-13-8-9-15(3)17(12-13)20-18(21)10-11-19-16-7-5-4-6-14(16)2/h4-9,12,19H,10-11H2,1-3H3,(H,20,21). The molecule has 21 heavy (non-hydrogen) atoms. The zero-order valence-corrected chi connectivity index (χ0v) is 12.9. The molecule has 0 atom stereocenters. The number of hydrogen-bond donors (Lipinski definition) is 2. The highest BCUT2D eigenvalue weighted by Crippen LogP contribution is 2.17. The van der Waals surface area contributed by atoms with Crippen LogP contribution in [-0.4, -0.2) is 12.5 Å². The number of anilines is 2. The minimum atomic E-state index is 0.0322. The number of benzene rings is 2. The molecule has 0 saturated carbocycles. The Morgan fingerprint density at radius 3 is 2.43 bits per heavy atom. The fraction of sp³-hybridized carbons (Fsp3) is 0.278. The van der Waals surface area contributed by atoms with Crippen LogP contribution in [0.4, 0.5) is 11.4 Å². The van der Waals surface area contributed by atoms with Gasteiger partial charge in [-0.15, -0.1) is 0 Å². The Kier molecular flexibility index (Phi) is 4.99. The molecule has 110 valence electrons. The fourth-order valence-corrected chi connectivity index (χ4v) is 2.17. The monoisotopic (exact) mass is 282 g/mol. The number of carbonyl (C=O) groups excluding carboxylic acids is 1. The maximum Gasteiger partial charge on any atom is 0.226 e. The summed E-state index contributed by atoms with van der Waals surface area (Å²) >= 11 is 0. The molecule has 0 aliphatic rings. The summed E-state index contributed by atoms with van der Waals surface area (Å²) in [6.45, 7) is 6.70. The summed E-state index contributed by atoms with van der Waals surface area (Å²) in [5.41, 5.74) is 5.40. The van der Waals surface area contributed by atoms with Gasteiger partial charge in [-0.25, -0.2) is 0 Å². The van der Waals surface area contributed by atoms with Crippen molar-refractivity contribution in [2.45, 2.75) is 27.2 Å². The van der Waals surface area contributed by atoms with E-state index in [-0.39, 0.29) is 5.91 Å². The van der Waals surface area contributed by atoms with E-state index in [1.165, 1.54) is 5.56 Å². The molecule has 3 nitrogen and oxygen atoms in total. The lowest BCUT2D eigenvalue weighted by atomic mass is 10.1. The minimum Gasteiger partial charge on any atom is -0.384 e. The summed E-state index contributed by atoms with van der Waals surface area (Å²) < 4.78 is 0. The second-order valence-corrected chi connectivity index (χ2v) is 5.36. The Morgan fingerprint density at radius 2 is 1.67 bits per heavy atom. The number of aryl methyl sites for hydroxylation is 3. The summed E-state index contributed by atoms with van der Waals surface area (Å²) in [6.07, 6.45) is 0.446. The summed E-state index contributed by atoms with van der Waals surface area (Å²) in [4.78, 5) is 12.0. The number of para-hydroxylation sites is 1. The molecule has 2 aromatic carbocycles. The first-order valence-corrected chi connectivity index (χ1v) is 7.23. The van der Waals surface area contributed by atoms with Gasteiger partial charge < -0.3 is 10.6 Å². The van der Waals surface area contributed by atoms with Crippen LogP contribution in [0.3, 0.4) is 0 Å². The van der Waals surface area contributed by atoms with Gasteiger partial charge in [0.2, 0.25) is 5.91 Å². The zero-order valence-electron chi connectivity index (χ0n) is 12.9. The van der Waals surface area contributed by atoms with Crippen molar-refractivity contribution >= 4 is 17.3 Å². The van der Waals surface area contributed by atoms with E-state index in [0.717, 1.165) is 22.5 Å². The number of carbonyl (C=O) groups is 1. The van der Waals surface area contributed by atoms with Gasteiger partial charge in [0, 0.05) is 24.3 Å². The summed E-state index contributed by atoms with van der Waals surface area (Å²) in [6, 6.07) is 14.2. The zero-order chi connectivity index (χ0) is 15.2. The van der Waals surface area contributed by atoms with Gasteiger partial charge in [-0.3, -0.25) is 4.79 Å². The molecule has 0 aliphatic carbocycles. The lowest BCUT2D eigenvalue weighted by molar-refractivity contribution is -0.115. The highest BCUT2D eigenvalue weighted by Gasteiger charge is 2.05. The van der Waals surface area contributed by atoms with Crippen LogP contribution in [0.1, 0.15) is 23.1 Å². The second kappa shape index (κ2) is 6.93. The van der Waals surface area contributed by atoms with E-state index in [1.54, 1.807) is 0 Å². The second-order valence-electron chi connectivity index (χ2n) is 5.36. The highest BCUT2D eigenvalue weighted by atomic mass is 16.1. The Balaban J connectivity index is 1.85. The molecule has 0 bridgehead atoms. The lowest BCUT2D eigenvalue weighted by Crippen LogP contribution is -2.17. The Bertz CT molecular complexity index is 635. The Morgan fingerprint density at radius 1 is 0.952 bits per heavy atom. The third kappa shape index (κ3) is 4.35. The summed E-state index contributed by atoms with van der Waals surface area (Å²) in [7, 11) is 0. The molecular weight excluding hydrogens is 260 g/mol. The first-order valence-electron chi connectivity index (χ1n) is 7.23. The molecule has 2 aromatic rings. The highest BCUT2D eigenvalue weighted by molar-refractivity contribution is 5.91. The summed E-state index contributed by atoms with van der Waals surface area (Å²) in [5.74, 6) is 0.0322.